The highest BCUT2D eigenvalue weighted by Crippen LogP contribution is 2.31. The minimum absolute atomic E-state index is 0.0221. The van der Waals surface area contributed by atoms with Crippen LogP contribution in [-0.4, -0.2) is 19.6 Å². The lowest BCUT2D eigenvalue weighted by Gasteiger charge is -2.08. The number of fused-ring (bicyclic) bond motifs is 1. The second-order valence-corrected chi connectivity index (χ2v) is 7.14. The maximum Gasteiger partial charge on any atom is 0.312 e. The van der Waals surface area contributed by atoms with Gasteiger partial charge in [0.1, 0.15) is 5.76 Å². The Labute approximate surface area is 136 Å². The van der Waals surface area contributed by atoms with E-state index in [0.717, 1.165) is 12.3 Å². The van der Waals surface area contributed by atoms with E-state index in [0.29, 0.717) is 0 Å². The van der Waals surface area contributed by atoms with Crippen molar-refractivity contribution in [3.8, 4) is 11.3 Å². The van der Waals surface area contributed by atoms with Gasteiger partial charge in [0, 0.05) is 24.0 Å². The zero-order valence-electron chi connectivity index (χ0n) is 12.4. The zero-order chi connectivity index (χ0) is 17.5. The third-order valence-electron chi connectivity index (χ3n) is 3.48. The van der Waals surface area contributed by atoms with E-state index in [9.17, 15) is 23.3 Å². The average molecular weight is 345 g/mol. The van der Waals surface area contributed by atoms with Gasteiger partial charge in [-0.1, -0.05) is 18.2 Å². The second-order valence-electron chi connectivity index (χ2n) is 5.15. The van der Waals surface area contributed by atoms with Crippen LogP contribution in [-0.2, 0) is 9.84 Å². The Morgan fingerprint density at radius 3 is 2.46 bits per heavy atom. The summed E-state index contributed by atoms with van der Waals surface area (Å²) in [6.45, 7) is 0. The molecule has 1 aromatic heterocycles. The first kappa shape index (κ1) is 15.9. The van der Waals surface area contributed by atoms with E-state index in [1.807, 2.05) is 0 Å². The van der Waals surface area contributed by atoms with Crippen LogP contribution >= 0.6 is 0 Å². The van der Waals surface area contributed by atoms with Crippen molar-refractivity contribution in [3.63, 3.8) is 0 Å². The predicted octanol–water partition coefficient (Wildman–Crippen LogP) is 2.77. The predicted molar refractivity (Wildman–Crippen MR) is 87.7 cm³/mol. The lowest BCUT2D eigenvalue weighted by Crippen LogP contribution is -2.04. The Kier molecular flexibility index (Phi) is 3.69. The SMILES string of the molecule is CS(=O)(=O)c1ccccc1-c1cc(=O)c2cccc([N+](=O)[O-])c2o1. The van der Waals surface area contributed by atoms with E-state index in [2.05, 4.69) is 0 Å². The Morgan fingerprint density at radius 2 is 1.79 bits per heavy atom. The van der Waals surface area contributed by atoms with Gasteiger partial charge < -0.3 is 4.42 Å². The molecule has 8 heteroatoms. The van der Waals surface area contributed by atoms with Gasteiger partial charge in [0.25, 0.3) is 0 Å². The number of hydrogen-bond acceptors (Lipinski definition) is 6. The van der Waals surface area contributed by atoms with E-state index in [4.69, 9.17) is 4.42 Å². The van der Waals surface area contributed by atoms with Crippen LogP contribution in [0.4, 0.5) is 5.69 Å². The molecule has 3 rings (SSSR count). The first-order valence-corrected chi connectivity index (χ1v) is 8.69. The number of nitro benzene ring substituents is 1. The Hall–Kier alpha value is -3.00. The first-order valence-electron chi connectivity index (χ1n) is 6.80. The summed E-state index contributed by atoms with van der Waals surface area (Å²) in [5.74, 6) is -0.0391. The number of non-ortho nitro benzene ring substituents is 1. The van der Waals surface area contributed by atoms with Crippen molar-refractivity contribution in [1.82, 2.24) is 0 Å². The monoisotopic (exact) mass is 345 g/mol. The van der Waals surface area contributed by atoms with Crippen molar-refractivity contribution in [3.05, 3.63) is 68.9 Å². The summed E-state index contributed by atoms with van der Waals surface area (Å²) in [5, 5.41) is 11.2. The van der Waals surface area contributed by atoms with Crippen LogP contribution in [0.25, 0.3) is 22.3 Å². The minimum atomic E-state index is -3.57. The molecular formula is C16H11NO6S. The van der Waals surface area contributed by atoms with Crippen molar-refractivity contribution in [1.29, 1.82) is 0 Å². The number of rotatable bonds is 3. The van der Waals surface area contributed by atoms with Crippen LogP contribution in [0.1, 0.15) is 0 Å². The molecule has 0 atom stereocenters. The fourth-order valence-corrected chi connectivity index (χ4v) is 3.33. The van der Waals surface area contributed by atoms with Gasteiger partial charge in [-0.05, 0) is 18.2 Å². The number of benzene rings is 2. The number of nitrogens with zero attached hydrogens (tertiary/aromatic N) is 1. The molecule has 24 heavy (non-hydrogen) atoms. The molecule has 1 heterocycles. The van der Waals surface area contributed by atoms with Gasteiger partial charge in [0.15, 0.2) is 15.3 Å². The van der Waals surface area contributed by atoms with E-state index in [1.165, 1.54) is 30.3 Å². The molecule has 0 amide bonds. The maximum absolute atomic E-state index is 12.3. The lowest BCUT2D eigenvalue weighted by atomic mass is 10.1. The normalized spacial score (nSPS) is 11.5. The summed E-state index contributed by atoms with van der Waals surface area (Å²) in [4.78, 5) is 22.7. The van der Waals surface area contributed by atoms with Crippen LogP contribution in [0.2, 0.25) is 0 Å². The highest BCUT2D eigenvalue weighted by molar-refractivity contribution is 7.90. The number of para-hydroxylation sites is 1. The zero-order valence-corrected chi connectivity index (χ0v) is 13.2. The summed E-state index contributed by atoms with van der Waals surface area (Å²) in [5.41, 5.74) is -0.855. The fourth-order valence-electron chi connectivity index (χ4n) is 2.43. The Balaban J connectivity index is 2.40. The molecular weight excluding hydrogens is 334 g/mol. The molecule has 0 bridgehead atoms. The molecule has 0 saturated heterocycles. The van der Waals surface area contributed by atoms with Crippen molar-refractivity contribution < 1.29 is 17.8 Å². The van der Waals surface area contributed by atoms with Gasteiger partial charge >= 0.3 is 5.69 Å². The van der Waals surface area contributed by atoms with Crippen molar-refractivity contribution in [2.45, 2.75) is 4.90 Å². The molecule has 2 aromatic carbocycles. The van der Waals surface area contributed by atoms with Gasteiger partial charge in [-0.3, -0.25) is 14.9 Å². The molecule has 122 valence electrons. The molecule has 0 radical (unpaired) electrons. The standard InChI is InChI=1S/C16H11NO6S/c1-24(21,22)15-8-3-2-5-11(15)14-9-13(18)10-6-4-7-12(17(19)20)16(10)23-14/h2-9H,1H3. The van der Waals surface area contributed by atoms with E-state index in [-0.39, 0.29) is 32.9 Å². The van der Waals surface area contributed by atoms with E-state index < -0.39 is 20.2 Å². The lowest BCUT2D eigenvalue weighted by molar-refractivity contribution is -0.383. The molecule has 0 fully saturated rings. The van der Waals surface area contributed by atoms with Crippen LogP contribution in [0.3, 0.4) is 0 Å². The number of hydrogen-bond donors (Lipinski definition) is 0. The molecule has 0 N–H and O–H groups in total. The van der Waals surface area contributed by atoms with Crippen molar-refractivity contribution in [2.75, 3.05) is 6.26 Å². The van der Waals surface area contributed by atoms with Crippen molar-refractivity contribution >= 4 is 26.5 Å². The Morgan fingerprint density at radius 1 is 1.08 bits per heavy atom. The Bertz CT molecular complexity index is 1130. The fraction of sp³-hybridized carbons (Fsp3) is 0.0625. The van der Waals surface area contributed by atoms with Crippen LogP contribution in [0.5, 0.6) is 0 Å². The van der Waals surface area contributed by atoms with Crippen molar-refractivity contribution in [2.24, 2.45) is 0 Å². The molecule has 3 aromatic rings. The van der Waals surface area contributed by atoms with Crippen LogP contribution in [0, 0.1) is 10.1 Å². The topological polar surface area (TPSA) is 107 Å². The molecule has 0 spiro atoms. The molecule has 0 aliphatic carbocycles. The largest absolute Gasteiger partial charge is 0.449 e. The summed E-state index contributed by atoms with van der Waals surface area (Å²) in [6.07, 6.45) is 1.04. The molecule has 0 unspecified atom stereocenters. The minimum Gasteiger partial charge on any atom is -0.449 e. The van der Waals surface area contributed by atoms with E-state index in [1.54, 1.807) is 12.1 Å². The highest BCUT2D eigenvalue weighted by Gasteiger charge is 2.20. The summed E-state index contributed by atoms with van der Waals surface area (Å²) in [6, 6.07) is 11.2. The van der Waals surface area contributed by atoms with Gasteiger partial charge in [0.05, 0.1) is 15.2 Å². The summed E-state index contributed by atoms with van der Waals surface area (Å²) < 4.78 is 29.4. The van der Waals surface area contributed by atoms with Gasteiger partial charge in [-0.2, -0.15) is 0 Å². The second kappa shape index (κ2) is 5.57. The molecule has 0 aliphatic rings. The van der Waals surface area contributed by atoms with Gasteiger partial charge in [0.2, 0.25) is 5.58 Å². The average Bonchev–Trinajstić information content (AvgIpc) is 2.53. The number of nitro groups is 1. The smallest absolute Gasteiger partial charge is 0.312 e. The first-order chi connectivity index (χ1) is 11.3. The van der Waals surface area contributed by atoms with Gasteiger partial charge in [-0.15, -0.1) is 0 Å². The third-order valence-corrected chi connectivity index (χ3v) is 4.64. The number of sulfone groups is 1. The van der Waals surface area contributed by atoms with Crippen LogP contribution < -0.4 is 5.43 Å². The molecule has 0 saturated carbocycles. The molecule has 0 aliphatic heterocycles. The molecule has 7 nitrogen and oxygen atoms in total. The summed E-state index contributed by atoms with van der Waals surface area (Å²) >= 11 is 0. The third kappa shape index (κ3) is 2.67. The van der Waals surface area contributed by atoms with Gasteiger partial charge in [-0.25, -0.2) is 8.42 Å². The van der Waals surface area contributed by atoms with Crippen LogP contribution in [0.15, 0.2) is 62.6 Å². The highest BCUT2D eigenvalue weighted by atomic mass is 32.2. The maximum atomic E-state index is 12.3. The van der Waals surface area contributed by atoms with E-state index >= 15 is 0 Å². The summed E-state index contributed by atoms with van der Waals surface area (Å²) in [7, 11) is -3.57. The quantitative estimate of drug-likeness (QED) is 0.533.